The van der Waals surface area contributed by atoms with E-state index in [2.05, 4.69) is 41.2 Å². The summed E-state index contributed by atoms with van der Waals surface area (Å²) in [7, 11) is 0. The Morgan fingerprint density at radius 1 is 1.25 bits per heavy atom. The van der Waals surface area contributed by atoms with E-state index in [-0.39, 0.29) is 0 Å². The van der Waals surface area contributed by atoms with Crippen molar-refractivity contribution in [3.05, 3.63) is 30.1 Å². The van der Waals surface area contributed by atoms with Gasteiger partial charge in [0.15, 0.2) is 0 Å². The van der Waals surface area contributed by atoms with Gasteiger partial charge in [0.25, 0.3) is 0 Å². The molecular weight excluding hydrogens is 246 g/mol. The van der Waals surface area contributed by atoms with Crippen molar-refractivity contribution in [1.29, 1.82) is 0 Å². The molecule has 0 bridgehead atoms. The molecule has 2 heterocycles. The van der Waals surface area contributed by atoms with Gasteiger partial charge in [-0.05, 0) is 49.3 Å². The summed E-state index contributed by atoms with van der Waals surface area (Å²) in [6, 6.07) is 5.05. The highest BCUT2D eigenvalue weighted by Gasteiger charge is 2.42. The maximum absolute atomic E-state index is 4.14. The Bertz CT molecular complexity index is 423. The largest absolute Gasteiger partial charge is 0.308 e. The summed E-state index contributed by atoms with van der Waals surface area (Å²) < 4.78 is 0. The van der Waals surface area contributed by atoms with Crippen molar-refractivity contribution in [3.8, 4) is 0 Å². The molecule has 3 nitrogen and oxygen atoms in total. The summed E-state index contributed by atoms with van der Waals surface area (Å²) in [6.45, 7) is 8.06. The van der Waals surface area contributed by atoms with E-state index in [0.29, 0.717) is 5.54 Å². The second-order valence-electron chi connectivity index (χ2n) is 6.53. The van der Waals surface area contributed by atoms with Crippen LogP contribution in [-0.4, -0.2) is 34.6 Å². The van der Waals surface area contributed by atoms with Crippen LogP contribution in [0.2, 0.25) is 0 Å². The monoisotopic (exact) mass is 273 g/mol. The second-order valence-corrected chi connectivity index (χ2v) is 6.53. The molecule has 20 heavy (non-hydrogen) atoms. The van der Waals surface area contributed by atoms with Gasteiger partial charge < -0.3 is 5.32 Å². The first-order valence-electron chi connectivity index (χ1n) is 8.14. The summed E-state index contributed by atoms with van der Waals surface area (Å²) in [4.78, 5) is 6.87. The van der Waals surface area contributed by atoms with Crippen LogP contribution in [-0.2, 0) is 6.54 Å². The fraction of sp³-hybridized carbons (Fsp3) is 0.706. The standard InChI is InChI=1S/C17H27N3/c1-3-17(4-2)13-20(12-14-7-9-18-10-8-14)16(11-19-17)15-5-6-15/h7-10,15-16,19H,3-6,11-13H2,1-2H3. The Morgan fingerprint density at radius 2 is 1.95 bits per heavy atom. The van der Waals surface area contributed by atoms with Gasteiger partial charge >= 0.3 is 0 Å². The van der Waals surface area contributed by atoms with Gasteiger partial charge in [0, 0.05) is 43.6 Å². The van der Waals surface area contributed by atoms with Crippen molar-refractivity contribution >= 4 is 0 Å². The van der Waals surface area contributed by atoms with Crippen molar-refractivity contribution in [3.63, 3.8) is 0 Å². The molecule has 3 rings (SSSR count). The van der Waals surface area contributed by atoms with Crippen molar-refractivity contribution in [1.82, 2.24) is 15.2 Å². The minimum Gasteiger partial charge on any atom is -0.308 e. The topological polar surface area (TPSA) is 28.2 Å². The molecule has 3 heteroatoms. The maximum Gasteiger partial charge on any atom is 0.0304 e. The summed E-state index contributed by atoms with van der Waals surface area (Å²) in [5, 5.41) is 3.87. The molecule has 0 spiro atoms. The lowest BCUT2D eigenvalue weighted by atomic mass is 9.87. The van der Waals surface area contributed by atoms with E-state index >= 15 is 0 Å². The highest BCUT2D eigenvalue weighted by Crippen LogP contribution is 2.38. The zero-order valence-electron chi connectivity index (χ0n) is 12.8. The molecular formula is C17H27N3. The zero-order chi connectivity index (χ0) is 14.0. The molecule has 1 aromatic rings. The highest BCUT2D eigenvalue weighted by molar-refractivity contribution is 5.11. The third-order valence-electron chi connectivity index (χ3n) is 5.32. The van der Waals surface area contributed by atoms with Crippen molar-refractivity contribution in [2.45, 2.75) is 57.7 Å². The minimum absolute atomic E-state index is 0.318. The van der Waals surface area contributed by atoms with E-state index in [1.165, 1.54) is 37.8 Å². The Kier molecular flexibility index (Phi) is 4.08. The molecule has 1 saturated carbocycles. The Morgan fingerprint density at radius 3 is 2.55 bits per heavy atom. The molecule has 1 saturated heterocycles. The van der Waals surface area contributed by atoms with Gasteiger partial charge in [-0.15, -0.1) is 0 Å². The Hall–Kier alpha value is -0.930. The molecule has 2 fully saturated rings. The van der Waals surface area contributed by atoms with Gasteiger partial charge in [0.1, 0.15) is 0 Å². The van der Waals surface area contributed by atoms with Crippen LogP contribution in [0.4, 0.5) is 0 Å². The van der Waals surface area contributed by atoms with Crippen LogP contribution in [0.25, 0.3) is 0 Å². The van der Waals surface area contributed by atoms with E-state index in [1.807, 2.05) is 12.4 Å². The fourth-order valence-corrected chi connectivity index (χ4v) is 3.58. The average molecular weight is 273 g/mol. The van der Waals surface area contributed by atoms with Gasteiger partial charge in [-0.3, -0.25) is 9.88 Å². The van der Waals surface area contributed by atoms with Gasteiger partial charge in [-0.2, -0.15) is 0 Å². The van der Waals surface area contributed by atoms with Crippen LogP contribution in [0.1, 0.15) is 45.1 Å². The summed E-state index contributed by atoms with van der Waals surface area (Å²) >= 11 is 0. The van der Waals surface area contributed by atoms with Gasteiger partial charge in [-0.25, -0.2) is 0 Å². The van der Waals surface area contributed by atoms with Crippen LogP contribution in [0, 0.1) is 5.92 Å². The second kappa shape index (κ2) is 5.82. The number of hydrogen-bond donors (Lipinski definition) is 1. The number of piperazine rings is 1. The lowest BCUT2D eigenvalue weighted by Gasteiger charge is -2.48. The molecule has 1 aliphatic heterocycles. The van der Waals surface area contributed by atoms with Crippen LogP contribution in [0.15, 0.2) is 24.5 Å². The molecule has 110 valence electrons. The predicted molar refractivity (Wildman–Crippen MR) is 82.5 cm³/mol. The minimum atomic E-state index is 0.318. The molecule has 0 radical (unpaired) electrons. The molecule has 1 aliphatic carbocycles. The number of hydrogen-bond acceptors (Lipinski definition) is 3. The first-order chi connectivity index (χ1) is 9.76. The lowest BCUT2D eigenvalue weighted by Crippen LogP contribution is -2.64. The summed E-state index contributed by atoms with van der Waals surface area (Å²) in [5.74, 6) is 0.927. The van der Waals surface area contributed by atoms with Crippen LogP contribution >= 0.6 is 0 Å². The molecule has 0 aromatic carbocycles. The third-order valence-corrected chi connectivity index (χ3v) is 5.32. The number of pyridine rings is 1. The van der Waals surface area contributed by atoms with E-state index < -0.39 is 0 Å². The van der Waals surface area contributed by atoms with Crippen LogP contribution in [0.3, 0.4) is 0 Å². The Balaban J connectivity index is 1.75. The summed E-state index contributed by atoms with van der Waals surface area (Å²) in [5.41, 5.74) is 1.71. The number of rotatable bonds is 5. The maximum atomic E-state index is 4.14. The average Bonchev–Trinajstić information content (AvgIpc) is 3.33. The molecule has 2 aliphatic rings. The van der Waals surface area contributed by atoms with Gasteiger partial charge in [-0.1, -0.05) is 13.8 Å². The highest BCUT2D eigenvalue weighted by atomic mass is 15.3. The fourth-order valence-electron chi connectivity index (χ4n) is 3.58. The summed E-state index contributed by atoms with van der Waals surface area (Å²) in [6.07, 6.45) is 9.10. The van der Waals surface area contributed by atoms with Crippen molar-refractivity contribution < 1.29 is 0 Å². The number of nitrogens with one attached hydrogen (secondary N) is 1. The third kappa shape index (κ3) is 2.89. The molecule has 1 atom stereocenters. The first kappa shape index (κ1) is 14.0. The Labute approximate surface area is 122 Å². The van der Waals surface area contributed by atoms with Crippen molar-refractivity contribution in [2.75, 3.05) is 13.1 Å². The zero-order valence-corrected chi connectivity index (χ0v) is 12.8. The van der Waals surface area contributed by atoms with E-state index in [0.717, 1.165) is 25.0 Å². The lowest BCUT2D eigenvalue weighted by molar-refractivity contribution is 0.0557. The molecule has 0 amide bonds. The molecule has 1 unspecified atom stereocenters. The normalized spacial score (nSPS) is 26.6. The van der Waals surface area contributed by atoms with E-state index in [9.17, 15) is 0 Å². The van der Waals surface area contributed by atoms with E-state index in [4.69, 9.17) is 0 Å². The molecule has 1 N–H and O–H groups in total. The van der Waals surface area contributed by atoms with Gasteiger partial charge in [0.05, 0.1) is 0 Å². The van der Waals surface area contributed by atoms with Crippen LogP contribution < -0.4 is 5.32 Å². The predicted octanol–water partition coefficient (Wildman–Crippen LogP) is 2.82. The smallest absolute Gasteiger partial charge is 0.0304 e. The van der Waals surface area contributed by atoms with E-state index in [1.54, 1.807) is 0 Å². The number of nitrogens with zero attached hydrogens (tertiary/aromatic N) is 2. The number of aromatic nitrogens is 1. The van der Waals surface area contributed by atoms with Crippen LogP contribution in [0.5, 0.6) is 0 Å². The first-order valence-corrected chi connectivity index (χ1v) is 8.14. The molecule has 1 aromatic heterocycles. The van der Waals surface area contributed by atoms with Gasteiger partial charge in [0.2, 0.25) is 0 Å². The SMILES string of the molecule is CCC1(CC)CN(Cc2ccncc2)C(C2CC2)CN1. The van der Waals surface area contributed by atoms with Crippen molar-refractivity contribution in [2.24, 2.45) is 5.92 Å². The quantitative estimate of drug-likeness (QED) is 0.894.